The molecule has 1 aliphatic heterocycles. The van der Waals surface area contributed by atoms with Gasteiger partial charge in [0.05, 0.1) is 30.7 Å². The van der Waals surface area contributed by atoms with Gasteiger partial charge < -0.3 is 9.29 Å². The topological polar surface area (TPSA) is 47.9 Å². The van der Waals surface area contributed by atoms with Crippen molar-refractivity contribution in [2.24, 2.45) is 0 Å². The number of ether oxygens (including phenoxy) is 1. The van der Waals surface area contributed by atoms with Gasteiger partial charge in [0.1, 0.15) is 0 Å². The molecule has 0 amide bonds. The van der Waals surface area contributed by atoms with Crippen molar-refractivity contribution in [3.05, 3.63) is 0 Å². The van der Waals surface area contributed by atoms with E-state index in [2.05, 4.69) is 0 Å². The Balaban J connectivity index is 2.15. The first kappa shape index (κ1) is 10.3. The molecular weight excluding hydrogens is 180 g/mol. The van der Waals surface area contributed by atoms with Gasteiger partial charge in [0, 0.05) is 12.9 Å². The van der Waals surface area contributed by atoms with Crippen LogP contribution in [0.3, 0.4) is 0 Å². The zero-order valence-electron chi connectivity index (χ0n) is 7.49. The monoisotopic (exact) mass is 196 g/mol. The summed E-state index contributed by atoms with van der Waals surface area (Å²) in [5.74, 6) is 0. The molecule has 74 valence electrons. The molecular formula is C7H16O4S. The van der Waals surface area contributed by atoms with Crippen LogP contribution in [-0.2, 0) is 13.1 Å². The van der Waals surface area contributed by atoms with Crippen LogP contribution in [0.4, 0.5) is 0 Å². The fourth-order valence-corrected chi connectivity index (χ4v) is 1.53. The fraction of sp³-hybridized carbons (Fsp3) is 1.00. The van der Waals surface area contributed by atoms with Gasteiger partial charge in [0.15, 0.2) is 0 Å². The first-order valence-electron chi connectivity index (χ1n) is 3.96. The summed E-state index contributed by atoms with van der Waals surface area (Å²) in [6, 6.07) is 0. The van der Waals surface area contributed by atoms with Crippen molar-refractivity contribution < 1.29 is 17.7 Å². The molecule has 0 aliphatic carbocycles. The first-order chi connectivity index (χ1) is 5.64. The summed E-state index contributed by atoms with van der Waals surface area (Å²) in [6.07, 6.45) is 3.78. The lowest BCUT2D eigenvalue weighted by molar-refractivity contribution is 0.0636. The zero-order valence-corrected chi connectivity index (χ0v) is 8.30. The van der Waals surface area contributed by atoms with E-state index in [1.54, 1.807) is 6.26 Å². The van der Waals surface area contributed by atoms with Crippen LogP contribution in [0.1, 0.15) is 12.8 Å². The summed E-state index contributed by atoms with van der Waals surface area (Å²) in [6.45, 7) is 1.23. The smallest absolute Gasteiger partial charge is 0.0902 e. The Kier molecular flexibility index (Phi) is 3.79. The molecule has 1 saturated heterocycles. The van der Waals surface area contributed by atoms with E-state index in [1.807, 2.05) is 0 Å². The van der Waals surface area contributed by atoms with E-state index in [1.165, 1.54) is 7.11 Å². The second kappa shape index (κ2) is 4.43. The minimum atomic E-state index is -2.29. The zero-order chi connectivity index (χ0) is 9.03. The molecule has 2 unspecified atom stereocenters. The Labute approximate surface area is 74.7 Å². The van der Waals surface area contributed by atoms with Gasteiger partial charge in [-0.2, -0.15) is 0 Å². The van der Waals surface area contributed by atoms with Crippen LogP contribution in [0.25, 0.3) is 0 Å². The summed E-state index contributed by atoms with van der Waals surface area (Å²) in [4.78, 5) is 0. The third-order valence-corrected chi connectivity index (χ3v) is 3.00. The minimum Gasteiger partial charge on any atom is -0.376 e. The van der Waals surface area contributed by atoms with E-state index in [0.717, 1.165) is 19.4 Å². The molecule has 0 spiro atoms. The van der Waals surface area contributed by atoms with Gasteiger partial charge in [-0.25, -0.2) is 0 Å². The highest BCUT2D eigenvalue weighted by Crippen LogP contribution is 2.40. The maximum Gasteiger partial charge on any atom is 0.0902 e. The van der Waals surface area contributed by atoms with Crippen molar-refractivity contribution in [2.75, 3.05) is 26.6 Å². The fourth-order valence-electron chi connectivity index (χ4n) is 1.03. The highest BCUT2D eigenvalue weighted by atomic mass is 32.3. The molecule has 0 aromatic rings. The van der Waals surface area contributed by atoms with Crippen LogP contribution in [0.5, 0.6) is 0 Å². The average molecular weight is 196 g/mol. The van der Waals surface area contributed by atoms with Gasteiger partial charge in [0.25, 0.3) is 0 Å². The molecule has 0 aromatic heterocycles. The Morgan fingerprint density at radius 1 is 1.67 bits per heavy atom. The van der Waals surface area contributed by atoms with Gasteiger partial charge in [0.2, 0.25) is 0 Å². The number of hydrogen-bond donors (Lipinski definition) is 1. The van der Waals surface area contributed by atoms with Crippen molar-refractivity contribution in [1.29, 1.82) is 0 Å². The molecule has 1 rings (SSSR count). The molecule has 2 atom stereocenters. The van der Waals surface area contributed by atoms with Gasteiger partial charge in [-0.15, -0.1) is 0 Å². The van der Waals surface area contributed by atoms with Gasteiger partial charge in [-0.1, -0.05) is 0 Å². The molecule has 1 aliphatic rings. The Bertz CT molecular complexity index is 133. The lowest BCUT2D eigenvalue weighted by Crippen LogP contribution is -2.16. The van der Waals surface area contributed by atoms with Gasteiger partial charge >= 0.3 is 0 Å². The molecule has 0 aromatic carbocycles. The minimum absolute atomic E-state index is 0.138. The predicted molar refractivity (Wildman–Crippen MR) is 48.1 cm³/mol. The van der Waals surface area contributed by atoms with E-state index >= 15 is 0 Å². The molecule has 1 heterocycles. The van der Waals surface area contributed by atoms with Crippen molar-refractivity contribution in [1.82, 2.24) is 0 Å². The second-order valence-corrected chi connectivity index (χ2v) is 4.85. The maximum absolute atomic E-state index is 9.37. The predicted octanol–water partition coefficient (Wildman–Crippen LogP) is 1.57. The van der Waals surface area contributed by atoms with Gasteiger partial charge in [-0.3, -0.25) is 8.37 Å². The molecule has 1 N–H and O–H groups in total. The van der Waals surface area contributed by atoms with Crippen molar-refractivity contribution in [3.8, 4) is 0 Å². The van der Waals surface area contributed by atoms with E-state index in [-0.39, 0.29) is 6.10 Å². The largest absolute Gasteiger partial charge is 0.376 e. The summed E-state index contributed by atoms with van der Waals surface area (Å²) < 4.78 is 24.6. The van der Waals surface area contributed by atoms with E-state index in [0.29, 0.717) is 6.61 Å². The molecule has 12 heavy (non-hydrogen) atoms. The molecule has 0 saturated carbocycles. The Hall–Kier alpha value is 0.190. The molecule has 1 fully saturated rings. The van der Waals surface area contributed by atoms with Crippen LogP contribution in [0, 0.1) is 0 Å². The van der Waals surface area contributed by atoms with E-state index < -0.39 is 10.9 Å². The lowest BCUT2D eigenvalue weighted by atomic mass is 10.2. The normalized spacial score (nSPS) is 31.4. The van der Waals surface area contributed by atoms with Gasteiger partial charge in [-0.05, 0) is 12.8 Å². The number of rotatable bonds is 4. The van der Waals surface area contributed by atoms with Crippen molar-refractivity contribution in [3.63, 3.8) is 0 Å². The molecule has 0 radical (unpaired) electrons. The second-order valence-electron chi connectivity index (χ2n) is 2.82. The summed E-state index contributed by atoms with van der Waals surface area (Å²) >= 11 is 0. The van der Waals surface area contributed by atoms with Crippen molar-refractivity contribution >= 4 is 10.9 Å². The van der Waals surface area contributed by atoms with Crippen molar-refractivity contribution in [2.45, 2.75) is 18.9 Å². The molecule has 5 heteroatoms. The lowest BCUT2D eigenvalue weighted by Gasteiger charge is -2.27. The van der Waals surface area contributed by atoms with Crippen LogP contribution in [-0.4, -0.2) is 37.2 Å². The van der Waals surface area contributed by atoms with Crippen LogP contribution < -0.4 is 0 Å². The SMILES string of the molecule is COS(C)(O)OCC1CCCO1. The maximum atomic E-state index is 9.37. The Morgan fingerprint density at radius 3 is 2.92 bits per heavy atom. The molecule has 4 nitrogen and oxygen atoms in total. The summed E-state index contributed by atoms with van der Waals surface area (Å²) in [5, 5.41) is 0. The summed E-state index contributed by atoms with van der Waals surface area (Å²) in [7, 11) is -0.852. The highest BCUT2D eigenvalue weighted by Gasteiger charge is 2.20. The standard InChI is InChI=1S/C7H16O4S/c1-9-12(2,8)11-6-7-4-3-5-10-7/h7-8H,3-6H2,1-2H3. The molecule has 0 bridgehead atoms. The third-order valence-electron chi connectivity index (χ3n) is 1.81. The van der Waals surface area contributed by atoms with E-state index in [9.17, 15) is 4.55 Å². The third kappa shape index (κ3) is 3.28. The van der Waals surface area contributed by atoms with Crippen LogP contribution >= 0.6 is 10.9 Å². The van der Waals surface area contributed by atoms with Crippen LogP contribution in [0.2, 0.25) is 0 Å². The van der Waals surface area contributed by atoms with E-state index in [4.69, 9.17) is 13.1 Å². The Morgan fingerprint density at radius 2 is 2.42 bits per heavy atom. The first-order valence-corrected chi connectivity index (χ1v) is 5.81. The highest BCUT2D eigenvalue weighted by molar-refractivity contribution is 8.20. The van der Waals surface area contributed by atoms with Crippen LogP contribution in [0.15, 0.2) is 0 Å². The average Bonchev–Trinajstić information content (AvgIpc) is 2.53. The number of hydrogen-bond acceptors (Lipinski definition) is 4. The quantitative estimate of drug-likeness (QED) is 0.741. The summed E-state index contributed by atoms with van der Waals surface area (Å²) in [5.41, 5.74) is 0.